The molecule has 9 nitrogen and oxygen atoms in total. The molecule has 1 unspecified atom stereocenters. The molecule has 0 spiro atoms. The van der Waals surface area contributed by atoms with E-state index in [1.165, 1.54) is 5.69 Å². The van der Waals surface area contributed by atoms with Crippen molar-refractivity contribution in [1.29, 1.82) is 0 Å². The number of pyridine rings is 1. The van der Waals surface area contributed by atoms with Crippen LogP contribution in [-0.4, -0.2) is 70.4 Å². The lowest BCUT2D eigenvalue weighted by Gasteiger charge is -2.37. The number of nitrogens with zero attached hydrogens (tertiary/aromatic N) is 7. The van der Waals surface area contributed by atoms with Gasteiger partial charge in [0.1, 0.15) is 6.29 Å². The zero-order valence-corrected chi connectivity index (χ0v) is 22.0. The van der Waals surface area contributed by atoms with Gasteiger partial charge in [-0.05, 0) is 56.3 Å². The number of thiazole rings is 1. The second-order valence-electron chi connectivity index (χ2n) is 9.02. The minimum atomic E-state index is -0.0214. The van der Waals surface area contributed by atoms with E-state index in [1.54, 1.807) is 23.7 Å². The Morgan fingerprint density at radius 3 is 2.54 bits per heavy atom. The van der Waals surface area contributed by atoms with E-state index in [-0.39, 0.29) is 6.04 Å². The lowest BCUT2D eigenvalue weighted by atomic mass is 10.2. The number of carbonyl (C=O) groups excluding carboxylic acids is 1. The number of aromatic nitrogens is 4. The second-order valence-corrected chi connectivity index (χ2v) is 10.00. The van der Waals surface area contributed by atoms with Crippen LogP contribution < -0.4 is 15.1 Å². The van der Waals surface area contributed by atoms with Gasteiger partial charge in [-0.2, -0.15) is 0 Å². The van der Waals surface area contributed by atoms with Crippen LogP contribution >= 0.6 is 11.3 Å². The fraction of sp³-hybridized carbons (Fsp3) is 0.296. The minimum Gasteiger partial charge on any atom is -0.369 e. The van der Waals surface area contributed by atoms with Gasteiger partial charge in [0.15, 0.2) is 5.13 Å². The molecule has 4 aromatic rings. The first-order valence-electron chi connectivity index (χ1n) is 12.3. The Labute approximate surface area is 220 Å². The number of piperazine rings is 1. The van der Waals surface area contributed by atoms with Crippen LogP contribution in [-0.2, 0) is 4.79 Å². The standard InChI is InChI=1S/C27H30N8OS/c1-19(18-36)34-13-15-35(16-14-34)22-8-6-21(7-9-22)31-26-29-12-10-24(32-26)25-20(2)30-27(37-25)33(3)23-5-4-11-28-17-23/h4-12,17-19H,13-16H2,1-3H3,(H,29,31,32). The highest BCUT2D eigenvalue weighted by molar-refractivity contribution is 7.19. The largest absolute Gasteiger partial charge is 0.369 e. The highest BCUT2D eigenvalue weighted by Crippen LogP contribution is 2.36. The zero-order valence-electron chi connectivity index (χ0n) is 21.2. The Bertz CT molecular complexity index is 1340. The summed E-state index contributed by atoms with van der Waals surface area (Å²) in [5.41, 5.74) is 4.83. The Hall–Kier alpha value is -3.89. The maximum atomic E-state index is 11.1. The fourth-order valence-corrected chi connectivity index (χ4v) is 5.35. The molecular formula is C27H30N8OS. The highest BCUT2D eigenvalue weighted by atomic mass is 32.1. The van der Waals surface area contributed by atoms with Crippen LogP contribution in [0.4, 0.5) is 28.1 Å². The summed E-state index contributed by atoms with van der Waals surface area (Å²) in [6.07, 6.45) is 6.37. The summed E-state index contributed by atoms with van der Waals surface area (Å²) in [7, 11) is 1.99. The van der Waals surface area contributed by atoms with Crippen molar-refractivity contribution in [2.45, 2.75) is 19.9 Å². The summed E-state index contributed by atoms with van der Waals surface area (Å²) in [5.74, 6) is 0.539. The van der Waals surface area contributed by atoms with E-state index in [0.717, 1.165) is 65.2 Å². The first-order chi connectivity index (χ1) is 18.0. The van der Waals surface area contributed by atoms with Crippen LogP contribution in [0.15, 0.2) is 61.1 Å². The highest BCUT2D eigenvalue weighted by Gasteiger charge is 2.21. The van der Waals surface area contributed by atoms with E-state index in [4.69, 9.17) is 9.97 Å². The number of carbonyl (C=O) groups is 1. The predicted octanol–water partition coefficient (Wildman–Crippen LogP) is 4.52. The molecular weight excluding hydrogens is 484 g/mol. The summed E-state index contributed by atoms with van der Waals surface area (Å²) in [6, 6.07) is 14.1. The monoisotopic (exact) mass is 514 g/mol. The quantitative estimate of drug-likeness (QED) is 0.341. The summed E-state index contributed by atoms with van der Waals surface area (Å²) in [6.45, 7) is 7.54. The summed E-state index contributed by atoms with van der Waals surface area (Å²) >= 11 is 1.59. The molecule has 1 aliphatic heterocycles. The SMILES string of the molecule is Cc1nc(N(C)c2cccnc2)sc1-c1ccnc(Nc2ccc(N3CCN(C(C)C=O)CC3)cc2)n1. The molecule has 4 heterocycles. The number of aldehydes is 1. The Morgan fingerprint density at radius 1 is 1.05 bits per heavy atom. The normalized spacial score (nSPS) is 14.8. The Balaban J connectivity index is 1.26. The summed E-state index contributed by atoms with van der Waals surface area (Å²) < 4.78 is 0. The van der Waals surface area contributed by atoms with Gasteiger partial charge in [-0.1, -0.05) is 11.3 Å². The summed E-state index contributed by atoms with van der Waals surface area (Å²) in [4.78, 5) is 36.8. The van der Waals surface area contributed by atoms with Gasteiger partial charge in [0, 0.05) is 57.0 Å². The molecule has 37 heavy (non-hydrogen) atoms. The van der Waals surface area contributed by atoms with Gasteiger partial charge in [-0.25, -0.2) is 15.0 Å². The fourth-order valence-electron chi connectivity index (χ4n) is 4.33. The van der Waals surface area contributed by atoms with Crippen LogP contribution in [0.3, 0.4) is 0 Å². The smallest absolute Gasteiger partial charge is 0.227 e. The average molecular weight is 515 g/mol. The molecule has 10 heteroatoms. The third kappa shape index (κ3) is 5.60. The summed E-state index contributed by atoms with van der Waals surface area (Å²) in [5, 5.41) is 4.21. The Kier molecular flexibility index (Phi) is 7.38. The van der Waals surface area contributed by atoms with Crippen LogP contribution in [0.25, 0.3) is 10.6 Å². The Morgan fingerprint density at radius 2 is 1.84 bits per heavy atom. The minimum absolute atomic E-state index is 0.0214. The van der Waals surface area contributed by atoms with Crippen molar-refractivity contribution in [3.63, 3.8) is 0 Å². The molecule has 0 aliphatic carbocycles. The van der Waals surface area contributed by atoms with Crippen molar-refractivity contribution in [2.75, 3.05) is 48.3 Å². The number of hydrogen-bond donors (Lipinski definition) is 1. The van der Waals surface area contributed by atoms with Crippen molar-refractivity contribution >= 4 is 45.8 Å². The van der Waals surface area contributed by atoms with Crippen molar-refractivity contribution in [3.8, 4) is 10.6 Å². The number of anilines is 5. The lowest BCUT2D eigenvalue weighted by molar-refractivity contribution is -0.112. The first-order valence-corrected chi connectivity index (χ1v) is 13.1. The third-order valence-corrected chi connectivity index (χ3v) is 7.83. The molecule has 0 bridgehead atoms. The maximum absolute atomic E-state index is 11.1. The first kappa shape index (κ1) is 24.8. The number of hydrogen-bond acceptors (Lipinski definition) is 10. The topological polar surface area (TPSA) is 90.4 Å². The molecule has 1 aliphatic rings. The lowest BCUT2D eigenvalue weighted by Crippen LogP contribution is -2.50. The van der Waals surface area contributed by atoms with Crippen LogP contribution in [0.5, 0.6) is 0 Å². The van der Waals surface area contributed by atoms with E-state index >= 15 is 0 Å². The molecule has 190 valence electrons. The zero-order chi connectivity index (χ0) is 25.8. The van der Waals surface area contributed by atoms with Gasteiger partial charge < -0.3 is 19.9 Å². The van der Waals surface area contributed by atoms with E-state index < -0.39 is 0 Å². The van der Waals surface area contributed by atoms with E-state index in [0.29, 0.717) is 5.95 Å². The molecule has 0 radical (unpaired) electrons. The molecule has 1 aromatic carbocycles. The van der Waals surface area contributed by atoms with Gasteiger partial charge in [-0.3, -0.25) is 9.88 Å². The van der Waals surface area contributed by atoms with E-state index in [1.807, 2.05) is 62.3 Å². The molecule has 1 saturated heterocycles. The molecule has 5 rings (SSSR count). The number of benzene rings is 1. The van der Waals surface area contributed by atoms with Gasteiger partial charge in [-0.15, -0.1) is 0 Å². The van der Waals surface area contributed by atoms with Gasteiger partial charge >= 0.3 is 0 Å². The molecule has 1 N–H and O–H groups in total. The second kappa shape index (κ2) is 11.0. The van der Waals surface area contributed by atoms with Gasteiger partial charge in [0.2, 0.25) is 5.95 Å². The molecule has 3 aromatic heterocycles. The van der Waals surface area contributed by atoms with Crippen molar-refractivity contribution < 1.29 is 4.79 Å². The average Bonchev–Trinajstić information content (AvgIpc) is 3.35. The maximum Gasteiger partial charge on any atom is 0.227 e. The van der Waals surface area contributed by atoms with E-state index in [9.17, 15) is 4.79 Å². The predicted molar refractivity (Wildman–Crippen MR) is 149 cm³/mol. The molecule has 0 amide bonds. The van der Waals surface area contributed by atoms with Crippen LogP contribution in [0, 0.1) is 6.92 Å². The molecule has 1 atom stereocenters. The number of nitrogens with one attached hydrogen (secondary N) is 1. The molecule has 1 fully saturated rings. The third-order valence-electron chi connectivity index (χ3n) is 6.57. The van der Waals surface area contributed by atoms with Crippen molar-refractivity contribution in [2.24, 2.45) is 0 Å². The van der Waals surface area contributed by atoms with Crippen LogP contribution in [0.2, 0.25) is 0 Å². The number of aryl methyl sites for hydroxylation is 1. The van der Waals surface area contributed by atoms with Gasteiger partial charge in [0.25, 0.3) is 0 Å². The molecule has 0 saturated carbocycles. The van der Waals surface area contributed by atoms with Gasteiger partial charge in [0.05, 0.1) is 34.2 Å². The number of rotatable bonds is 8. The van der Waals surface area contributed by atoms with Crippen LogP contribution in [0.1, 0.15) is 12.6 Å². The van der Waals surface area contributed by atoms with Crippen molar-refractivity contribution in [3.05, 3.63) is 66.7 Å². The van der Waals surface area contributed by atoms with Crippen molar-refractivity contribution in [1.82, 2.24) is 24.8 Å². The van der Waals surface area contributed by atoms with E-state index in [2.05, 4.69) is 37.2 Å².